The van der Waals surface area contributed by atoms with Crippen LogP contribution in [0, 0.1) is 6.92 Å². The Hall–Kier alpha value is -1.36. The first-order valence-electron chi connectivity index (χ1n) is 6.11. The molecule has 1 heterocycles. The van der Waals surface area contributed by atoms with Crippen molar-refractivity contribution in [1.29, 1.82) is 0 Å². The van der Waals surface area contributed by atoms with Gasteiger partial charge in [-0.1, -0.05) is 39.1 Å². The van der Waals surface area contributed by atoms with E-state index in [1.165, 1.54) is 0 Å². The van der Waals surface area contributed by atoms with Crippen LogP contribution in [0.15, 0.2) is 39.8 Å². The average molecular weight is 384 g/mol. The first kappa shape index (κ1) is 14.6. The van der Waals surface area contributed by atoms with E-state index in [1.54, 1.807) is 18.2 Å². The van der Waals surface area contributed by atoms with Crippen molar-refractivity contribution in [2.45, 2.75) is 6.92 Å². The lowest BCUT2D eigenvalue weighted by atomic mass is 10.1. The van der Waals surface area contributed by atoms with Crippen LogP contribution in [0.3, 0.4) is 0 Å². The number of halogens is 3. The predicted octanol–water partition coefficient (Wildman–Crippen LogP) is 5.14. The van der Waals surface area contributed by atoms with E-state index in [0.29, 0.717) is 21.4 Å². The van der Waals surface area contributed by atoms with Gasteiger partial charge >= 0.3 is 0 Å². The zero-order valence-electron chi connectivity index (χ0n) is 10.9. The van der Waals surface area contributed by atoms with E-state index in [-0.39, 0.29) is 5.91 Å². The van der Waals surface area contributed by atoms with Gasteiger partial charge < -0.3 is 5.32 Å². The maximum absolute atomic E-state index is 12.2. The molecule has 1 N–H and O–H groups in total. The third-order valence-corrected chi connectivity index (χ3v) is 4.16. The van der Waals surface area contributed by atoms with E-state index < -0.39 is 0 Å². The van der Waals surface area contributed by atoms with Gasteiger partial charge in [0.25, 0.3) is 5.91 Å². The number of nitrogens with zero attached hydrogens (tertiary/aromatic N) is 1. The molecule has 0 atom stereocenters. The Morgan fingerprint density at radius 3 is 2.71 bits per heavy atom. The summed E-state index contributed by atoms with van der Waals surface area (Å²) in [5, 5.41) is 3.79. The third-order valence-electron chi connectivity index (χ3n) is 3.15. The zero-order chi connectivity index (χ0) is 15.1. The second kappa shape index (κ2) is 5.44. The molecule has 0 saturated heterocycles. The summed E-state index contributed by atoms with van der Waals surface area (Å²) in [5.74, 6) is -0.248. The minimum absolute atomic E-state index is 0.248. The van der Waals surface area contributed by atoms with Crippen LogP contribution in [0.2, 0.25) is 10.0 Å². The summed E-state index contributed by atoms with van der Waals surface area (Å²) >= 11 is 15.5. The van der Waals surface area contributed by atoms with Crippen molar-refractivity contribution in [3.8, 4) is 0 Å². The first-order chi connectivity index (χ1) is 9.95. The van der Waals surface area contributed by atoms with Crippen LogP contribution in [0.5, 0.6) is 0 Å². The second-order valence-corrected chi connectivity index (χ2v) is 6.41. The molecule has 21 heavy (non-hydrogen) atoms. The number of fused-ring (bicyclic) bond motifs is 1. The number of rotatable bonds is 1. The Bertz CT molecular complexity index is 803. The topological polar surface area (TPSA) is 41.5 Å². The quantitative estimate of drug-likeness (QED) is 0.727. The largest absolute Gasteiger partial charge is 0.320 e. The van der Waals surface area contributed by atoms with Crippen LogP contribution in [0.4, 0.5) is 11.4 Å². The fourth-order valence-corrected chi connectivity index (χ4v) is 3.09. The van der Waals surface area contributed by atoms with Gasteiger partial charge in [0.15, 0.2) is 0 Å². The molecule has 3 rings (SSSR count). The lowest BCUT2D eigenvalue weighted by Gasteiger charge is -2.04. The van der Waals surface area contributed by atoms with E-state index in [2.05, 4.69) is 26.2 Å². The maximum atomic E-state index is 12.2. The summed E-state index contributed by atoms with van der Waals surface area (Å²) in [6, 6.07) is 8.76. The first-order valence-corrected chi connectivity index (χ1v) is 7.66. The fourth-order valence-electron chi connectivity index (χ4n) is 2.19. The number of hydrogen-bond donors (Lipinski definition) is 1. The van der Waals surface area contributed by atoms with Crippen LogP contribution in [-0.2, 0) is 4.79 Å². The lowest BCUT2D eigenvalue weighted by Crippen LogP contribution is -2.14. The molecule has 3 nitrogen and oxygen atoms in total. The summed E-state index contributed by atoms with van der Waals surface area (Å²) in [4.78, 5) is 16.6. The minimum Gasteiger partial charge on any atom is -0.320 e. The summed E-state index contributed by atoms with van der Waals surface area (Å²) < 4.78 is 0.889. The van der Waals surface area contributed by atoms with E-state index in [1.807, 2.05) is 19.1 Å². The average Bonchev–Trinajstić information content (AvgIpc) is 2.72. The molecule has 0 bridgehead atoms. The minimum atomic E-state index is -0.248. The molecule has 0 aliphatic carbocycles. The molecule has 0 saturated carbocycles. The van der Waals surface area contributed by atoms with Crippen LogP contribution in [-0.4, -0.2) is 11.6 Å². The van der Waals surface area contributed by atoms with E-state index in [4.69, 9.17) is 23.2 Å². The molecule has 1 aliphatic heterocycles. The van der Waals surface area contributed by atoms with Crippen molar-refractivity contribution in [2.75, 3.05) is 5.32 Å². The highest BCUT2D eigenvalue weighted by molar-refractivity contribution is 9.10. The van der Waals surface area contributed by atoms with Crippen LogP contribution in [0.25, 0.3) is 0 Å². The van der Waals surface area contributed by atoms with Crippen molar-refractivity contribution < 1.29 is 4.79 Å². The van der Waals surface area contributed by atoms with Crippen LogP contribution < -0.4 is 5.32 Å². The molecule has 6 heteroatoms. The number of hydrogen-bond acceptors (Lipinski definition) is 2. The van der Waals surface area contributed by atoms with Gasteiger partial charge in [-0.25, -0.2) is 4.99 Å². The van der Waals surface area contributed by atoms with E-state index >= 15 is 0 Å². The molecule has 2 aromatic carbocycles. The Morgan fingerprint density at radius 2 is 1.95 bits per heavy atom. The van der Waals surface area contributed by atoms with E-state index in [9.17, 15) is 4.79 Å². The molecule has 1 aliphatic rings. The number of aliphatic imine (C=N–C) groups is 1. The molecule has 0 spiro atoms. The van der Waals surface area contributed by atoms with Gasteiger partial charge in [-0.05, 0) is 42.8 Å². The lowest BCUT2D eigenvalue weighted by molar-refractivity contribution is -0.110. The van der Waals surface area contributed by atoms with Crippen LogP contribution >= 0.6 is 39.1 Å². The molecular formula is C15H9BrCl2N2O. The molecule has 1 amide bonds. The van der Waals surface area contributed by atoms with Crippen molar-refractivity contribution in [1.82, 2.24) is 0 Å². The fraction of sp³-hybridized carbons (Fsp3) is 0.0667. The predicted molar refractivity (Wildman–Crippen MR) is 90.2 cm³/mol. The number of carbonyl (C=O) groups excluding carboxylic acids is 1. The summed E-state index contributed by atoms with van der Waals surface area (Å²) in [6.07, 6.45) is 0. The normalized spacial score (nSPS) is 15.2. The summed E-state index contributed by atoms with van der Waals surface area (Å²) in [7, 11) is 0. The van der Waals surface area contributed by atoms with Gasteiger partial charge in [-0.2, -0.15) is 0 Å². The Morgan fingerprint density at radius 1 is 1.19 bits per heavy atom. The van der Waals surface area contributed by atoms with Gasteiger partial charge in [-0.15, -0.1) is 0 Å². The monoisotopic (exact) mass is 382 g/mol. The van der Waals surface area contributed by atoms with Gasteiger partial charge in [0.2, 0.25) is 0 Å². The molecule has 0 unspecified atom stereocenters. The highest BCUT2D eigenvalue weighted by Gasteiger charge is 2.28. The highest BCUT2D eigenvalue weighted by Crippen LogP contribution is 2.34. The maximum Gasteiger partial charge on any atom is 0.275 e. The van der Waals surface area contributed by atoms with Gasteiger partial charge in [0, 0.05) is 15.1 Å². The molecule has 0 aromatic heterocycles. The van der Waals surface area contributed by atoms with Crippen molar-refractivity contribution in [3.63, 3.8) is 0 Å². The number of nitrogens with one attached hydrogen (secondary N) is 1. The van der Waals surface area contributed by atoms with Crippen molar-refractivity contribution in [3.05, 3.63) is 56.0 Å². The van der Waals surface area contributed by atoms with Gasteiger partial charge in [0.05, 0.1) is 16.4 Å². The molecular weight excluding hydrogens is 375 g/mol. The highest BCUT2D eigenvalue weighted by atomic mass is 79.9. The number of carbonyl (C=O) groups is 1. The molecule has 0 radical (unpaired) electrons. The molecule has 106 valence electrons. The standard InChI is InChI=1S/C15H9BrCl2N2O/c1-7-4-8(16)5-10-13(7)20-15(21)14(10)19-12-6-9(17)2-3-11(12)18/h2-6H,1H3,(H,19,20,21). The van der Waals surface area contributed by atoms with Crippen molar-refractivity contribution in [2.24, 2.45) is 4.99 Å². The summed E-state index contributed by atoms with van der Waals surface area (Å²) in [5.41, 5.74) is 3.30. The zero-order valence-corrected chi connectivity index (χ0v) is 14.0. The van der Waals surface area contributed by atoms with Gasteiger partial charge in [-0.3, -0.25) is 4.79 Å². The van der Waals surface area contributed by atoms with Crippen LogP contribution in [0.1, 0.15) is 11.1 Å². The number of aryl methyl sites for hydroxylation is 1. The number of amides is 1. The Balaban J connectivity index is 2.19. The smallest absolute Gasteiger partial charge is 0.275 e. The van der Waals surface area contributed by atoms with E-state index in [0.717, 1.165) is 21.3 Å². The second-order valence-electron chi connectivity index (χ2n) is 4.66. The number of anilines is 1. The molecule has 2 aromatic rings. The van der Waals surface area contributed by atoms with Gasteiger partial charge in [0.1, 0.15) is 5.71 Å². The summed E-state index contributed by atoms with van der Waals surface area (Å²) in [6.45, 7) is 1.93. The number of benzene rings is 2. The Kier molecular flexibility index (Phi) is 3.78. The Labute approximate surface area is 140 Å². The SMILES string of the molecule is Cc1cc(Br)cc2c1NC(=O)C2=Nc1cc(Cl)ccc1Cl. The molecule has 0 fully saturated rings. The van der Waals surface area contributed by atoms with Crippen molar-refractivity contribution >= 4 is 62.1 Å². The third kappa shape index (κ3) is 2.71.